The Hall–Kier alpha value is -1.84. The van der Waals surface area contributed by atoms with Crippen molar-refractivity contribution >= 4 is 0 Å². The summed E-state index contributed by atoms with van der Waals surface area (Å²) < 4.78 is 7.67. The third-order valence-corrected chi connectivity index (χ3v) is 2.58. The van der Waals surface area contributed by atoms with E-state index in [2.05, 4.69) is 21.7 Å². The third-order valence-electron chi connectivity index (χ3n) is 2.58. The van der Waals surface area contributed by atoms with Crippen LogP contribution in [0.1, 0.15) is 18.6 Å². The van der Waals surface area contributed by atoms with E-state index in [-0.39, 0.29) is 0 Å². The fraction of sp³-hybridized carbons (Fsp3) is 0.273. The van der Waals surface area contributed by atoms with Gasteiger partial charge in [0.25, 0.3) is 0 Å². The Labute approximate surface area is 87.5 Å². The molecule has 2 aromatic rings. The fourth-order valence-electron chi connectivity index (χ4n) is 1.86. The minimum Gasteiger partial charge on any atom is -0.483 e. The average Bonchev–Trinajstić information content (AvgIpc) is 2.72. The van der Waals surface area contributed by atoms with Gasteiger partial charge in [-0.1, -0.05) is 19.1 Å². The lowest BCUT2D eigenvalue weighted by atomic mass is 10.2. The molecule has 0 fully saturated rings. The predicted molar refractivity (Wildman–Crippen MR) is 55.1 cm³/mol. The lowest BCUT2D eigenvalue weighted by Gasteiger charge is -2.19. The highest BCUT2D eigenvalue weighted by molar-refractivity contribution is 5.49. The van der Waals surface area contributed by atoms with Crippen molar-refractivity contribution < 1.29 is 4.74 Å². The summed E-state index contributed by atoms with van der Waals surface area (Å²) in [6.07, 6.45) is 0.876. The van der Waals surface area contributed by atoms with Crippen LogP contribution in [0.2, 0.25) is 0 Å². The van der Waals surface area contributed by atoms with Crippen LogP contribution in [-0.2, 0) is 13.0 Å². The van der Waals surface area contributed by atoms with Gasteiger partial charge in [-0.15, -0.1) is 10.2 Å². The highest BCUT2D eigenvalue weighted by Crippen LogP contribution is 2.29. The normalized spacial score (nSPS) is 12.9. The van der Waals surface area contributed by atoms with Crippen LogP contribution >= 0.6 is 0 Å². The molecule has 0 saturated carbocycles. The first kappa shape index (κ1) is 8.47. The molecule has 4 heteroatoms. The summed E-state index contributed by atoms with van der Waals surface area (Å²) >= 11 is 0. The summed E-state index contributed by atoms with van der Waals surface area (Å²) in [5.41, 5.74) is 1.04. The fourth-order valence-corrected chi connectivity index (χ4v) is 1.86. The molecular weight excluding hydrogens is 190 g/mol. The highest BCUT2D eigenvalue weighted by atomic mass is 16.5. The van der Waals surface area contributed by atoms with Crippen LogP contribution in [0.3, 0.4) is 0 Å². The van der Waals surface area contributed by atoms with E-state index in [1.165, 1.54) is 0 Å². The second-order valence-electron chi connectivity index (χ2n) is 3.48. The largest absolute Gasteiger partial charge is 0.483 e. The van der Waals surface area contributed by atoms with Gasteiger partial charge in [0.05, 0.1) is 5.69 Å². The summed E-state index contributed by atoms with van der Waals surface area (Å²) in [6, 6.07) is 7.97. The Morgan fingerprint density at radius 2 is 2.20 bits per heavy atom. The van der Waals surface area contributed by atoms with Crippen LogP contribution in [0.25, 0.3) is 5.69 Å². The van der Waals surface area contributed by atoms with E-state index in [1.807, 2.05) is 24.3 Å². The van der Waals surface area contributed by atoms with Crippen LogP contribution in [0.15, 0.2) is 24.3 Å². The zero-order valence-electron chi connectivity index (χ0n) is 8.47. The van der Waals surface area contributed by atoms with Gasteiger partial charge in [0.15, 0.2) is 5.82 Å². The highest BCUT2D eigenvalue weighted by Gasteiger charge is 2.20. The minimum atomic E-state index is 0.504. The average molecular weight is 201 g/mol. The van der Waals surface area contributed by atoms with Crippen LogP contribution in [0.5, 0.6) is 5.75 Å². The van der Waals surface area contributed by atoms with Gasteiger partial charge >= 0.3 is 0 Å². The Kier molecular flexibility index (Phi) is 1.74. The van der Waals surface area contributed by atoms with Crippen molar-refractivity contribution in [2.45, 2.75) is 20.0 Å². The molecule has 0 N–H and O–H groups in total. The first-order chi connectivity index (χ1) is 7.40. The third kappa shape index (κ3) is 1.14. The SMILES string of the molecule is CCc1nnc2n1-c1ccccc1OC2. The summed E-state index contributed by atoms with van der Waals surface area (Å²) in [4.78, 5) is 0. The Bertz CT molecular complexity index is 491. The monoisotopic (exact) mass is 201 g/mol. The molecule has 0 atom stereocenters. The van der Waals surface area contributed by atoms with Crippen LogP contribution in [0.4, 0.5) is 0 Å². The van der Waals surface area contributed by atoms with E-state index in [1.54, 1.807) is 0 Å². The standard InChI is InChI=1S/C11H11N3O/c1-2-10-12-13-11-7-15-9-6-4-3-5-8(9)14(10)11/h3-6H,2,7H2,1H3. The van der Waals surface area contributed by atoms with Crippen molar-refractivity contribution in [1.82, 2.24) is 14.8 Å². The molecule has 1 aromatic carbocycles. The van der Waals surface area contributed by atoms with Gasteiger partial charge < -0.3 is 4.74 Å². The maximum Gasteiger partial charge on any atom is 0.175 e. The van der Waals surface area contributed by atoms with E-state index in [0.29, 0.717) is 6.61 Å². The van der Waals surface area contributed by atoms with Crippen molar-refractivity contribution in [3.8, 4) is 11.4 Å². The van der Waals surface area contributed by atoms with Crippen LogP contribution in [0, 0.1) is 0 Å². The molecule has 76 valence electrons. The number of aromatic nitrogens is 3. The van der Waals surface area contributed by atoms with Gasteiger partial charge in [-0.2, -0.15) is 0 Å². The van der Waals surface area contributed by atoms with Crippen molar-refractivity contribution in [3.05, 3.63) is 35.9 Å². The van der Waals surface area contributed by atoms with Crippen molar-refractivity contribution in [3.63, 3.8) is 0 Å². The first-order valence-electron chi connectivity index (χ1n) is 5.05. The Morgan fingerprint density at radius 3 is 3.07 bits per heavy atom. The summed E-state index contributed by atoms with van der Waals surface area (Å²) in [7, 11) is 0. The Morgan fingerprint density at radius 1 is 1.33 bits per heavy atom. The maximum atomic E-state index is 5.58. The predicted octanol–water partition coefficient (Wildman–Crippen LogP) is 1.72. The molecule has 0 unspecified atom stereocenters. The minimum absolute atomic E-state index is 0.504. The molecule has 2 heterocycles. The van der Waals surface area contributed by atoms with Crippen LogP contribution in [-0.4, -0.2) is 14.8 Å². The second kappa shape index (κ2) is 3.08. The van der Waals surface area contributed by atoms with E-state index >= 15 is 0 Å². The van der Waals surface area contributed by atoms with E-state index in [0.717, 1.165) is 29.5 Å². The van der Waals surface area contributed by atoms with Crippen molar-refractivity contribution in [1.29, 1.82) is 0 Å². The van der Waals surface area contributed by atoms with E-state index in [9.17, 15) is 0 Å². The number of hydrogen-bond acceptors (Lipinski definition) is 3. The van der Waals surface area contributed by atoms with E-state index in [4.69, 9.17) is 4.74 Å². The maximum absolute atomic E-state index is 5.58. The molecule has 0 bridgehead atoms. The number of benzene rings is 1. The topological polar surface area (TPSA) is 39.9 Å². The van der Waals surface area contributed by atoms with Gasteiger partial charge in [0.1, 0.15) is 18.2 Å². The summed E-state index contributed by atoms with van der Waals surface area (Å²) in [5.74, 6) is 2.77. The number of fused-ring (bicyclic) bond motifs is 3. The number of nitrogens with zero attached hydrogens (tertiary/aromatic N) is 3. The molecule has 4 nitrogen and oxygen atoms in total. The number of ether oxygens (including phenoxy) is 1. The molecule has 0 radical (unpaired) electrons. The number of para-hydroxylation sites is 2. The molecule has 15 heavy (non-hydrogen) atoms. The van der Waals surface area contributed by atoms with Gasteiger partial charge in [0, 0.05) is 6.42 Å². The zero-order valence-corrected chi connectivity index (χ0v) is 8.47. The molecule has 1 aliphatic rings. The summed E-state index contributed by atoms with van der Waals surface area (Å²) in [6.45, 7) is 2.58. The smallest absolute Gasteiger partial charge is 0.175 e. The van der Waals surface area contributed by atoms with E-state index < -0.39 is 0 Å². The lowest BCUT2D eigenvalue weighted by molar-refractivity contribution is 0.278. The van der Waals surface area contributed by atoms with Crippen LogP contribution < -0.4 is 4.74 Å². The quantitative estimate of drug-likeness (QED) is 0.705. The second-order valence-corrected chi connectivity index (χ2v) is 3.48. The van der Waals surface area contributed by atoms with Gasteiger partial charge in [-0.05, 0) is 12.1 Å². The van der Waals surface area contributed by atoms with Crippen molar-refractivity contribution in [2.75, 3.05) is 0 Å². The zero-order chi connectivity index (χ0) is 10.3. The first-order valence-corrected chi connectivity index (χ1v) is 5.05. The molecule has 0 spiro atoms. The molecule has 3 rings (SSSR count). The number of hydrogen-bond donors (Lipinski definition) is 0. The van der Waals surface area contributed by atoms with Gasteiger partial charge in [0.2, 0.25) is 0 Å². The Balaban J connectivity index is 2.27. The molecule has 1 aliphatic heterocycles. The van der Waals surface area contributed by atoms with Gasteiger partial charge in [-0.3, -0.25) is 4.57 Å². The molecule has 0 saturated heterocycles. The molecule has 0 amide bonds. The summed E-state index contributed by atoms with van der Waals surface area (Å²) in [5, 5.41) is 8.26. The number of aryl methyl sites for hydroxylation is 1. The molecule has 0 aliphatic carbocycles. The molecule has 1 aromatic heterocycles. The number of rotatable bonds is 1. The van der Waals surface area contributed by atoms with Gasteiger partial charge in [-0.25, -0.2) is 0 Å². The van der Waals surface area contributed by atoms with Crippen molar-refractivity contribution in [2.24, 2.45) is 0 Å². The molecular formula is C11H11N3O. The lowest BCUT2D eigenvalue weighted by Crippen LogP contribution is -2.14.